The molecule has 2 N–H and O–H groups in total. The molecule has 2 fully saturated rings. The number of carbonyl (C=O) groups is 2. The number of rotatable bonds is 6. The third-order valence-electron chi connectivity index (χ3n) is 6.45. The van der Waals surface area contributed by atoms with E-state index in [-0.39, 0.29) is 24.4 Å². The Kier molecular flexibility index (Phi) is 6.85. The Labute approximate surface area is 193 Å². The molecule has 0 saturated carbocycles. The average Bonchev–Trinajstić information content (AvgIpc) is 3.02. The van der Waals surface area contributed by atoms with E-state index in [0.717, 1.165) is 30.7 Å². The summed E-state index contributed by atoms with van der Waals surface area (Å²) in [4.78, 5) is 27.3. The molecular weight excluding hydrogens is 433 g/mol. The lowest BCUT2D eigenvalue weighted by atomic mass is 9.93. The van der Waals surface area contributed by atoms with Crippen LogP contribution in [0.4, 0.5) is 0 Å². The third kappa shape index (κ3) is 5.22. The Morgan fingerprint density at radius 2 is 1.71 bits per heavy atom. The van der Waals surface area contributed by atoms with E-state index < -0.39 is 0 Å². The van der Waals surface area contributed by atoms with Crippen molar-refractivity contribution in [2.24, 2.45) is 0 Å². The molecule has 0 radical (unpaired) electrons. The van der Waals surface area contributed by atoms with E-state index in [1.165, 1.54) is 5.56 Å². The molecule has 2 unspecified atom stereocenters. The van der Waals surface area contributed by atoms with E-state index in [0.29, 0.717) is 28.7 Å². The predicted molar refractivity (Wildman–Crippen MR) is 123 cm³/mol. The van der Waals surface area contributed by atoms with Gasteiger partial charge in [-0.15, -0.1) is 0 Å². The maximum absolute atomic E-state index is 12.4. The Bertz CT molecular complexity index is 936. The summed E-state index contributed by atoms with van der Waals surface area (Å²) >= 11 is 12.0. The van der Waals surface area contributed by atoms with Crippen LogP contribution in [0.5, 0.6) is 0 Å². The molecule has 31 heavy (non-hydrogen) atoms. The zero-order chi connectivity index (χ0) is 22.0. The van der Waals surface area contributed by atoms with Crippen molar-refractivity contribution in [2.45, 2.75) is 56.8 Å². The summed E-state index contributed by atoms with van der Waals surface area (Å²) < 4.78 is 0. The topological polar surface area (TPSA) is 61.4 Å². The smallest absolute Gasteiger partial charge is 0.251 e. The van der Waals surface area contributed by atoms with Crippen LogP contribution in [0.2, 0.25) is 10.0 Å². The van der Waals surface area contributed by atoms with Crippen LogP contribution in [0.3, 0.4) is 0 Å². The zero-order valence-electron chi connectivity index (χ0n) is 17.5. The molecule has 0 aliphatic carbocycles. The van der Waals surface area contributed by atoms with E-state index in [1.54, 1.807) is 24.3 Å². The summed E-state index contributed by atoms with van der Waals surface area (Å²) in [5, 5.41) is 7.04. The summed E-state index contributed by atoms with van der Waals surface area (Å²) in [6.45, 7) is 2.21. The predicted octanol–water partition coefficient (Wildman–Crippen LogP) is 4.60. The molecule has 164 valence electrons. The van der Waals surface area contributed by atoms with E-state index in [9.17, 15) is 9.59 Å². The Balaban J connectivity index is 1.29. The van der Waals surface area contributed by atoms with E-state index in [1.807, 2.05) is 12.1 Å². The summed E-state index contributed by atoms with van der Waals surface area (Å²) in [5.74, 6) is -0.455. The van der Waals surface area contributed by atoms with Gasteiger partial charge in [-0.2, -0.15) is 0 Å². The van der Waals surface area contributed by atoms with Crippen molar-refractivity contribution >= 4 is 35.0 Å². The van der Waals surface area contributed by atoms with Gasteiger partial charge in [-0.05, 0) is 68.5 Å². The van der Waals surface area contributed by atoms with Crippen LogP contribution in [-0.2, 0) is 4.79 Å². The number of nitrogens with one attached hydrogen (secondary N) is 2. The van der Waals surface area contributed by atoms with Crippen molar-refractivity contribution in [1.29, 1.82) is 0 Å². The van der Waals surface area contributed by atoms with Gasteiger partial charge in [0, 0.05) is 39.8 Å². The molecule has 4 atom stereocenters. The highest BCUT2D eigenvalue weighted by molar-refractivity contribution is 6.31. The van der Waals surface area contributed by atoms with Crippen molar-refractivity contribution in [1.82, 2.24) is 15.5 Å². The Hall–Kier alpha value is -2.08. The third-order valence-corrected chi connectivity index (χ3v) is 6.94. The van der Waals surface area contributed by atoms with Crippen LogP contribution in [-0.4, -0.2) is 41.4 Å². The van der Waals surface area contributed by atoms with Crippen LogP contribution in [0.1, 0.15) is 54.6 Å². The molecule has 2 amide bonds. The number of nitrogens with zero attached hydrogens (tertiary/aromatic N) is 1. The second-order valence-corrected chi connectivity index (χ2v) is 9.36. The minimum absolute atomic E-state index is 0.0396. The van der Waals surface area contributed by atoms with Gasteiger partial charge in [0.05, 0.1) is 6.54 Å². The van der Waals surface area contributed by atoms with E-state index in [2.05, 4.69) is 34.6 Å². The Morgan fingerprint density at radius 1 is 1.03 bits per heavy atom. The minimum Gasteiger partial charge on any atom is -0.352 e. The molecular formula is C24H27Cl2N3O2. The van der Waals surface area contributed by atoms with Gasteiger partial charge in [0.2, 0.25) is 5.91 Å². The number of benzene rings is 2. The summed E-state index contributed by atoms with van der Waals surface area (Å²) in [7, 11) is 0. The molecule has 2 heterocycles. The number of hydrogen-bond acceptors (Lipinski definition) is 3. The summed E-state index contributed by atoms with van der Waals surface area (Å²) in [5.41, 5.74) is 1.72. The van der Waals surface area contributed by atoms with Gasteiger partial charge in [0.25, 0.3) is 5.91 Å². The lowest BCUT2D eigenvalue weighted by Gasteiger charge is -2.43. The number of fused-ring (bicyclic) bond motifs is 2. The highest BCUT2D eigenvalue weighted by Crippen LogP contribution is 2.41. The first-order chi connectivity index (χ1) is 14.9. The first kappa shape index (κ1) is 22.1. The lowest BCUT2D eigenvalue weighted by molar-refractivity contribution is -0.121. The molecule has 2 aliphatic rings. The van der Waals surface area contributed by atoms with Crippen molar-refractivity contribution in [3.05, 3.63) is 69.7 Å². The van der Waals surface area contributed by atoms with Crippen LogP contribution in [0.15, 0.2) is 48.5 Å². The minimum atomic E-state index is -0.302. The van der Waals surface area contributed by atoms with Gasteiger partial charge in [-0.1, -0.05) is 41.4 Å². The van der Waals surface area contributed by atoms with Crippen LogP contribution < -0.4 is 10.6 Å². The van der Waals surface area contributed by atoms with Gasteiger partial charge < -0.3 is 10.6 Å². The fraction of sp³-hybridized carbons (Fsp3) is 0.417. The molecule has 2 aliphatic heterocycles. The molecule has 0 aromatic heterocycles. The molecule has 2 saturated heterocycles. The lowest BCUT2D eigenvalue weighted by Crippen LogP contribution is -2.52. The monoisotopic (exact) mass is 459 g/mol. The average molecular weight is 460 g/mol. The maximum Gasteiger partial charge on any atom is 0.251 e. The van der Waals surface area contributed by atoms with Gasteiger partial charge in [0.1, 0.15) is 0 Å². The number of piperidine rings is 1. The molecule has 2 aromatic carbocycles. The van der Waals surface area contributed by atoms with Crippen molar-refractivity contribution in [3.63, 3.8) is 0 Å². The molecule has 2 aromatic rings. The highest BCUT2D eigenvalue weighted by Gasteiger charge is 2.43. The quantitative estimate of drug-likeness (QED) is 0.663. The Morgan fingerprint density at radius 3 is 2.35 bits per heavy atom. The largest absolute Gasteiger partial charge is 0.352 e. The maximum atomic E-state index is 12.4. The molecule has 7 heteroatoms. The highest BCUT2D eigenvalue weighted by atomic mass is 35.5. The fourth-order valence-electron chi connectivity index (χ4n) is 5.05. The standard InChI is InChI=1S/C24H27Cl2N3O2/c1-15(16-5-7-18(25)8-6-16)29-21-9-10-22(29)13-20(12-21)28-23(30)14-27-24(31)17-3-2-4-19(26)11-17/h2-8,11,15,20-22H,9-10,12-14H2,1H3,(H,27,31)(H,28,30)/t15?,20?,21-,22+. The van der Waals surface area contributed by atoms with Gasteiger partial charge in [-0.3, -0.25) is 14.5 Å². The first-order valence-corrected chi connectivity index (χ1v) is 11.5. The van der Waals surface area contributed by atoms with Crippen molar-refractivity contribution in [2.75, 3.05) is 6.54 Å². The first-order valence-electron chi connectivity index (χ1n) is 10.8. The van der Waals surface area contributed by atoms with E-state index in [4.69, 9.17) is 23.2 Å². The molecule has 0 spiro atoms. The summed E-state index contributed by atoms with van der Waals surface area (Å²) in [6.07, 6.45) is 4.17. The number of hydrogen-bond donors (Lipinski definition) is 2. The number of carbonyl (C=O) groups excluding carboxylic acids is 2. The van der Waals surface area contributed by atoms with Gasteiger partial charge >= 0.3 is 0 Å². The molecule has 4 rings (SSSR count). The number of halogens is 2. The number of amides is 2. The van der Waals surface area contributed by atoms with Crippen LogP contribution in [0.25, 0.3) is 0 Å². The molecule has 5 nitrogen and oxygen atoms in total. The zero-order valence-corrected chi connectivity index (χ0v) is 19.0. The SMILES string of the molecule is CC(c1ccc(Cl)cc1)N1[C@@H]2CC[C@H]1CC(NC(=O)CNC(=O)c1cccc(Cl)c1)C2. The summed E-state index contributed by atoms with van der Waals surface area (Å²) in [6, 6.07) is 16.1. The van der Waals surface area contributed by atoms with Crippen LogP contribution >= 0.6 is 23.2 Å². The normalized spacial score (nSPS) is 23.9. The van der Waals surface area contributed by atoms with E-state index >= 15 is 0 Å². The second-order valence-electron chi connectivity index (χ2n) is 8.49. The van der Waals surface area contributed by atoms with Crippen LogP contribution in [0, 0.1) is 0 Å². The van der Waals surface area contributed by atoms with Crippen molar-refractivity contribution in [3.8, 4) is 0 Å². The van der Waals surface area contributed by atoms with Gasteiger partial charge in [0.15, 0.2) is 0 Å². The molecule has 2 bridgehead atoms. The fourth-order valence-corrected chi connectivity index (χ4v) is 5.36. The second kappa shape index (κ2) is 9.60. The van der Waals surface area contributed by atoms with Gasteiger partial charge in [-0.25, -0.2) is 0 Å². The van der Waals surface area contributed by atoms with Crippen molar-refractivity contribution < 1.29 is 9.59 Å².